The van der Waals surface area contributed by atoms with E-state index in [1.165, 1.54) is 0 Å². The summed E-state index contributed by atoms with van der Waals surface area (Å²) in [5.74, 6) is 1.10. The van der Waals surface area contributed by atoms with Crippen molar-refractivity contribution in [3.05, 3.63) is 29.8 Å². The van der Waals surface area contributed by atoms with Crippen molar-refractivity contribution >= 4 is 5.97 Å². The van der Waals surface area contributed by atoms with Crippen LogP contribution in [-0.2, 0) is 16.1 Å². The van der Waals surface area contributed by atoms with Gasteiger partial charge >= 0.3 is 5.97 Å². The van der Waals surface area contributed by atoms with Gasteiger partial charge in [0.1, 0.15) is 5.75 Å². The molecule has 0 spiro atoms. The monoisotopic (exact) mass is 349 g/mol. The van der Waals surface area contributed by atoms with Crippen molar-refractivity contribution in [2.24, 2.45) is 17.8 Å². The van der Waals surface area contributed by atoms with Crippen LogP contribution in [0.3, 0.4) is 0 Å². The molecule has 1 aromatic carbocycles. The number of carbonyl (C=O) groups is 1. The van der Waals surface area contributed by atoms with Crippen LogP contribution in [0, 0.1) is 17.8 Å². The van der Waals surface area contributed by atoms with E-state index in [0.29, 0.717) is 23.5 Å². The van der Waals surface area contributed by atoms with Crippen molar-refractivity contribution in [1.29, 1.82) is 0 Å². The van der Waals surface area contributed by atoms with Crippen molar-refractivity contribution in [3.63, 3.8) is 0 Å². The maximum atomic E-state index is 10.6. The number of carboxylic acids is 1. The van der Waals surface area contributed by atoms with Crippen LogP contribution in [0.15, 0.2) is 24.3 Å². The molecule has 0 bridgehead atoms. The summed E-state index contributed by atoms with van der Waals surface area (Å²) < 4.78 is 10.7. The first kappa shape index (κ1) is 18.2. The van der Waals surface area contributed by atoms with Crippen molar-refractivity contribution in [2.45, 2.75) is 19.4 Å². The molecule has 6 heteroatoms. The molecular formula is C19H27NO5. The molecule has 0 aliphatic carbocycles. The Morgan fingerprint density at radius 2 is 2.08 bits per heavy atom. The lowest BCUT2D eigenvalue weighted by atomic mass is 9.80. The Bertz CT molecular complexity index is 573. The quantitative estimate of drug-likeness (QED) is 0.779. The number of rotatable bonds is 7. The van der Waals surface area contributed by atoms with Crippen LogP contribution in [0.2, 0.25) is 0 Å². The van der Waals surface area contributed by atoms with Gasteiger partial charge in [-0.1, -0.05) is 12.1 Å². The van der Waals surface area contributed by atoms with Crippen molar-refractivity contribution in [3.8, 4) is 5.75 Å². The standard InChI is InChI=1S/C19H27NO5/c21-12-16-10-20(11-18(16)15-4-6-24-7-5-15)9-14-2-1-3-17(8-14)25-13-19(22)23/h1-3,8,15-16,18,21H,4-7,9-13H2,(H,22,23)/t16-,18-/m0/s1. The minimum Gasteiger partial charge on any atom is -0.482 e. The summed E-state index contributed by atoms with van der Waals surface area (Å²) in [6.07, 6.45) is 2.18. The molecule has 2 heterocycles. The third-order valence-corrected chi connectivity index (χ3v) is 5.34. The first-order valence-electron chi connectivity index (χ1n) is 9.00. The van der Waals surface area contributed by atoms with Gasteiger partial charge in [0.2, 0.25) is 0 Å². The number of likely N-dealkylation sites (tertiary alicyclic amines) is 1. The Morgan fingerprint density at radius 1 is 1.28 bits per heavy atom. The average Bonchev–Trinajstić information content (AvgIpc) is 3.04. The molecule has 2 N–H and O–H groups in total. The number of hydrogen-bond donors (Lipinski definition) is 2. The van der Waals surface area contributed by atoms with Crippen LogP contribution in [0.4, 0.5) is 0 Å². The smallest absolute Gasteiger partial charge is 0.341 e. The van der Waals surface area contributed by atoms with Gasteiger partial charge in [0, 0.05) is 39.5 Å². The number of carboxylic acid groups (broad SMARTS) is 1. The van der Waals surface area contributed by atoms with E-state index < -0.39 is 5.97 Å². The van der Waals surface area contributed by atoms with Crippen molar-refractivity contribution < 1.29 is 24.5 Å². The molecule has 2 atom stereocenters. The van der Waals surface area contributed by atoms with Gasteiger partial charge in [-0.05, 0) is 48.3 Å². The van der Waals surface area contributed by atoms with Gasteiger partial charge in [0.15, 0.2) is 6.61 Å². The van der Waals surface area contributed by atoms with Crippen LogP contribution < -0.4 is 4.74 Å². The second kappa shape index (κ2) is 8.65. The number of aliphatic carboxylic acids is 1. The molecule has 0 unspecified atom stereocenters. The van der Waals surface area contributed by atoms with Gasteiger partial charge in [-0.3, -0.25) is 4.90 Å². The van der Waals surface area contributed by atoms with E-state index in [4.69, 9.17) is 14.6 Å². The molecule has 25 heavy (non-hydrogen) atoms. The first-order chi connectivity index (χ1) is 12.2. The molecule has 0 aromatic heterocycles. The summed E-state index contributed by atoms with van der Waals surface area (Å²) in [7, 11) is 0. The molecule has 2 saturated heterocycles. The summed E-state index contributed by atoms with van der Waals surface area (Å²) in [4.78, 5) is 13.0. The summed E-state index contributed by atoms with van der Waals surface area (Å²) in [6.45, 7) is 4.27. The van der Waals surface area contributed by atoms with E-state index in [1.807, 2.05) is 18.2 Å². The third-order valence-electron chi connectivity index (χ3n) is 5.34. The highest BCUT2D eigenvalue weighted by Crippen LogP contribution is 2.35. The molecule has 0 amide bonds. The van der Waals surface area contributed by atoms with E-state index in [2.05, 4.69) is 4.90 Å². The molecule has 3 rings (SSSR count). The number of benzene rings is 1. The summed E-state index contributed by atoms with van der Waals surface area (Å²) in [6, 6.07) is 7.60. The topological polar surface area (TPSA) is 79.2 Å². The number of nitrogens with zero attached hydrogens (tertiary/aromatic N) is 1. The molecule has 1 aromatic rings. The molecule has 2 aliphatic rings. The maximum absolute atomic E-state index is 10.6. The zero-order chi connectivity index (χ0) is 17.6. The van der Waals surface area contributed by atoms with Gasteiger partial charge in [-0.25, -0.2) is 4.79 Å². The molecule has 0 radical (unpaired) electrons. The largest absolute Gasteiger partial charge is 0.482 e. The van der Waals surface area contributed by atoms with Crippen LogP contribution in [0.25, 0.3) is 0 Å². The van der Waals surface area contributed by atoms with E-state index in [1.54, 1.807) is 6.07 Å². The Kier molecular flexibility index (Phi) is 6.29. The Morgan fingerprint density at radius 3 is 2.80 bits per heavy atom. The van der Waals surface area contributed by atoms with Crippen LogP contribution in [-0.4, -0.2) is 60.6 Å². The van der Waals surface area contributed by atoms with E-state index in [-0.39, 0.29) is 13.2 Å². The third kappa shape index (κ3) is 4.93. The summed E-state index contributed by atoms with van der Waals surface area (Å²) in [5, 5.41) is 18.5. The highest BCUT2D eigenvalue weighted by molar-refractivity contribution is 5.68. The van der Waals surface area contributed by atoms with Gasteiger partial charge in [-0.2, -0.15) is 0 Å². The lowest BCUT2D eigenvalue weighted by molar-refractivity contribution is -0.139. The van der Waals surface area contributed by atoms with Crippen LogP contribution in [0.5, 0.6) is 5.75 Å². The zero-order valence-corrected chi connectivity index (χ0v) is 14.5. The van der Waals surface area contributed by atoms with Crippen molar-refractivity contribution in [1.82, 2.24) is 4.90 Å². The number of ether oxygens (including phenoxy) is 2. The normalized spacial score (nSPS) is 25.2. The highest BCUT2D eigenvalue weighted by Gasteiger charge is 2.37. The second-order valence-electron chi connectivity index (χ2n) is 7.08. The lowest BCUT2D eigenvalue weighted by Gasteiger charge is -2.30. The van der Waals surface area contributed by atoms with Gasteiger partial charge in [0.05, 0.1) is 0 Å². The van der Waals surface area contributed by atoms with Gasteiger partial charge in [-0.15, -0.1) is 0 Å². The van der Waals surface area contributed by atoms with Crippen molar-refractivity contribution in [2.75, 3.05) is 39.5 Å². The molecule has 2 aliphatic heterocycles. The van der Waals surface area contributed by atoms with Crippen LogP contribution >= 0.6 is 0 Å². The molecule has 0 saturated carbocycles. The second-order valence-corrected chi connectivity index (χ2v) is 7.08. The SMILES string of the molecule is O=C(O)COc1cccc(CN2C[C@@H](CO)[C@H](C3CCOCC3)C2)c1. The zero-order valence-electron chi connectivity index (χ0n) is 14.5. The molecular weight excluding hydrogens is 322 g/mol. The average molecular weight is 349 g/mol. The predicted molar refractivity (Wildman–Crippen MR) is 92.5 cm³/mol. The summed E-state index contributed by atoms with van der Waals surface area (Å²) >= 11 is 0. The van der Waals surface area contributed by atoms with E-state index >= 15 is 0 Å². The maximum Gasteiger partial charge on any atom is 0.341 e. The van der Waals surface area contributed by atoms with E-state index in [0.717, 1.165) is 51.3 Å². The fourth-order valence-electron chi connectivity index (χ4n) is 4.13. The molecule has 138 valence electrons. The highest BCUT2D eigenvalue weighted by atomic mass is 16.5. The minimum atomic E-state index is -0.977. The molecule has 2 fully saturated rings. The minimum absolute atomic E-state index is 0.236. The number of aliphatic hydroxyl groups excluding tert-OH is 1. The lowest BCUT2D eigenvalue weighted by Crippen LogP contribution is -2.29. The predicted octanol–water partition coefficient (Wildman–Crippen LogP) is 1.62. The van der Waals surface area contributed by atoms with Gasteiger partial charge < -0.3 is 19.7 Å². The van der Waals surface area contributed by atoms with Gasteiger partial charge in [0.25, 0.3) is 0 Å². The Hall–Kier alpha value is -1.63. The fourth-order valence-corrected chi connectivity index (χ4v) is 4.13. The van der Waals surface area contributed by atoms with E-state index in [9.17, 15) is 9.90 Å². The Balaban J connectivity index is 1.59. The Labute approximate surface area is 148 Å². The summed E-state index contributed by atoms with van der Waals surface area (Å²) in [5.41, 5.74) is 1.10. The number of aliphatic hydroxyl groups is 1. The fraction of sp³-hybridized carbons (Fsp3) is 0.632. The van der Waals surface area contributed by atoms with Crippen LogP contribution in [0.1, 0.15) is 18.4 Å². The molecule has 6 nitrogen and oxygen atoms in total. The first-order valence-corrected chi connectivity index (χ1v) is 9.00. The number of hydrogen-bond acceptors (Lipinski definition) is 5.